The van der Waals surface area contributed by atoms with Gasteiger partial charge in [0.2, 0.25) is 0 Å². The van der Waals surface area contributed by atoms with Gasteiger partial charge in [-0.1, -0.05) is 16.1 Å². The second-order valence-corrected chi connectivity index (χ2v) is 4.45. The van der Waals surface area contributed by atoms with Crippen LogP contribution in [0.1, 0.15) is 4.88 Å². The SMILES string of the molecule is CNCc1snnc1-c1ccc(F)cc1Cl. The Labute approximate surface area is 101 Å². The molecule has 16 heavy (non-hydrogen) atoms. The van der Waals surface area contributed by atoms with E-state index in [1.807, 2.05) is 7.05 Å². The van der Waals surface area contributed by atoms with E-state index in [-0.39, 0.29) is 5.82 Å². The van der Waals surface area contributed by atoms with Crippen molar-refractivity contribution in [2.45, 2.75) is 6.54 Å². The van der Waals surface area contributed by atoms with Crippen molar-refractivity contribution in [3.63, 3.8) is 0 Å². The van der Waals surface area contributed by atoms with Crippen molar-refractivity contribution in [1.82, 2.24) is 14.9 Å². The monoisotopic (exact) mass is 257 g/mol. The van der Waals surface area contributed by atoms with Crippen molar-refractivity contribution >= 4 is 23.1 Å². The fourth-order valence-corrected chi connectivity index (χ4v) is 2.30. The summed E-state index contributed by atoms with van der Waals surface area (Å²) in [6, 6.07) is 4.26. The standard InChI is InChI=1S/C10H9ClFN3S/c1-13-5-9-10(14-15-16-9)7-3-2-6(12)4-8(7)11/h2-4,13H,5H2,1H3. The van der Waals surface area contributed by atoms with Crippen molar-refractivity contribution in [3.05, 3.63) is 33.9 Å². The van der Waals surface area contributed by atoms with Crippen LogP contribution in [0.2, 0.25) is 5.02 Å². The van der Waals surface area contributed by atoms with Crippen LogP contribution in [0.5, 0.6) is 0 Å². The quantitative estimate of drug-likeness (QED) is 0.919. The Morgan fingerprint density at radius 2 is 2.31 bits per heavy atom. The molecule has 1 N–H and O–H groups in total. The lowest BCUT2D eigenvalue weighted by molar-refractivity contribution is 0.628. The van der Waals surface area contributed by atoms with Crippen molar-refractivity contribution in [3.8, 4) is 11.3 Å². The summed E-state index contributed by atoms with van der Waals surface area (Å²) in [4.78, 5) is 0.982. The molecular weight excluding hydrogens is 249 g/mol. The van der Waals surface area contributed by atoms with Crippen LogP contribution in [0.3, 0.4) is 0 Å². The van der Waals surface area contributed by atoms with Crippen molar-refractivity contribution < 1.29 is 4.39 Å². The van der Waals surface area contributed by atoms with Crippen LogP contribution in [0.25, 0.3) is 11.3 Å². The van der Waals surface area contributed by atoms with E-state index in [0.29, 0.717) is 22.8 Å². The molecule has 1 heterocycles. The van der Waals surface area contributed by atoms with E-state index in [2.05, 4.69) is 14.9 Å². The minimum absolute atomic E-state index is 0.352. The topological polar surface area (TPSA) is 37.8 Å². The largest absolute Gasteiger partial charge is 0.315 e. The summed E-state index contributed by atoms with van der Waals surface area (Å²) in [5.74, 6) is -0.355. The van der Waals surface area contributed by atoms with E-state index in [1.165, 1.54) is 23.7 Å². The fourth-order valence-electron chi connectivity index (χ4n) is 1.37. The van der Waals surface area contributed by atoms with Gasteiger partial charge >= 0.3 is 0 Å². The highest BCUT2D eigenvalue weighted by Gasteiger charge is 2.13. The number of hydrogen-bond acceptors (Lipinski definition) is 4. The van der Waals surface area contributed by atoms with Crippen LogP contribution >= 0.6 is 23.1 Å². The number of aromatic nitrogens is 2. The highest BCUT2D eigenvalue weighted by atomic mass is 35.5. The Balaban J connectivity index is 2.46. The third kappa shape index (κ3) is 2.21. The van der Waals surface area contributed by atoms with Crippen LogP contribution < -0.4 is 5.32 Å². The lowest BCUT2D eigenvalue weighted by Gasteiger charge is -2.03. The van der Waals surface area contributed by atoms with Crippen molar-refractivity contribution in [2.75, 3.05) is 7.05 Å². The predicted molar refractivity (Wildman–Crippen MR) is 63.1 cm³/mol. The highest BCUT2D eigenvalue weighted by Crippen LogP contribution is 2.30. The van der Waals surface area contributed by atoms with E-state index < -0.39 is 0 Å². The van der Waals surface area contributed by atoms with Gasteiger partial charge in [-0.05, 0) is 36.8 Å². The first-order chi connectivity index (χ1) is 7.72. The number of halogens is 2. The summed E-state index contributed by atoms with van der Waals surface area (Å²) in [5, 5.41) is 7.39. The smallest absolute Gasteiger partial charge is 0.124 e. The molecule has 0 spiro atoms. The molecule has 0 aliphatic rings. The normalized spacial score (nSPS) is 10.7. The van der Waals surface area contributed by atoms with Crippen LogP contribution in [0.15, 0.2) is 18.2 Å². The molecule has 6 heteroatoms. The minimum Gasteiger partial charge on any atom is -0.315 e. The van der Waals surface area contributed by atoms with E-state index in [4.69, 9.17) is 11.6 Å². The van der Waals surface area contributed by atoms with Gasteiger partial charge in [0, 0.05) is 12.1 Å². The lowest BCUT2D eigenvalue weighted by Crippen LogP contribution is -2.04. The average Bonchev–Trinajstić information content (AvgIpc) is 2.67. The van der Waals surface area contributed by atoms with Gasteiger partial charge in [0.15, 0.2) is 0 Å². The lowest BCUT2D eigenvalue weighted by atomic mass is 10.1. The number of nitrogens with zero attached hydrogens (tertiary/aromatic N) is 2. The molecular formula is C10H9ClFN3S. The first kappa shape index (κ1) is 11.4. The van der Waals surface area contributed by atoms with Gasteiger partial charge in [0.1, 0.15) is 11.5 Å². The van der Waals surface area contributed by atoms with Crippen molar-refractivity contribution in [1.29, 1.82) is 0 Å². The maximum absolute atomic E-state index is 12.9. The highest BCUT2D eigenvalue weighted by molar-refractivity contribution is 7.06. The first-order valence-corrected chi connectivity index (χ1v) is 5.78. The van der Waals surface area contributed by atoms with Gasteiger partial charge in [0.25, 0.3) is 0 Å². The minimum atomic E-state index is -0.355. The Hall–Kier alpha value is -1.04. The first-order valence-electron chi connectivity index (χ1n) is 4.63. The summed E-state index contributed by atoms with van der Waals surface area (Å²) in [6.07, 6.45) is 0. The summed E-state index contributed by atoms with van der Waals surface area (Å²) < 4.78 is 16.8. The number of nitrogens with one attached hydrogen (secondary N) is 1. The molecule has 0 amide bonds. The van der Waals surface area contributed by atoms with Gasteiger partial charge in [-0.15, -0.1) is 5.10 Å². The molecule has 0 aliphatic heterocycles. The third-order valence-electron chi connectivity index (χ3n) is 2.08. The number of hydrogen-bond donors (Lipinski definition) is 1. The van der Waals surface area contributed by atoms with Gasteiger partial charge in [-0.3, -0.25) is 0 Å². The van der Waals surface area contributed by atoms with Crippen LogP contribution in [0.4, 0.5) is 4.39 Å². The van der Waals surface area contributed by atoms with Crippen LogP contribution in [-0.4, -0.2) is 16.6 Å². The maximum atomic E-state index is 12.9. The fraction of sp³-hybridized carbons (Fsp3) is 0.200. The van der Waals surface area contributed by atoms with Gasteiger partial charge in [-0.2, -0.15) is 0 Å². The second kappa shape index (κ2) is 4.86. The van der Waals surface area contributed by atoms with Gasteiger partial charge < -0.3 is 5.32 Å². The third-order valence-corrected chi connectivity index (χ3v) is 3.11. The molecule has 0 atom stereocenters. The summed E-state index contributed by atoms with van der Waals surface area (Å²) in [7, 11) is 1.84. The summed E-state index contributed by atoms with van der Waals surface area (Å²) in [5.41, 5.74) is 1.42. The average molecular weight is 258 g/mol. The summed E-state index contributed by atoms with van der Waals surface area (Å²) in [6.45, 7) is 0.667. The molecule has 1 aromatic heterocycles. The maximum Gasteiger partial charge on any atom is 0.124 e. The zero-order valence-electron chi connectivity index (χ0n) is 8.50. The molecule has 1 aromatic carbocycles. The van der Waals surface area contributed by atoms with Crippen molar-refractivity contribution in [2.24, 2.45) is 0 Å². The molecule has 2 rings (SSSR count). The molecule has 0 unspecified atom stereocenters. The molecule has 0 saturated carbocycles. The summed E-state index contributed by atoms with van der Waals surface area (Å²) >= 11 is 7.28. The van der Waals surface area contributed by atoms with Gasteiger partial charge in [0.05, 0.1) is 9.90 Å². The number of rotatable bonds is 3. The molecule has 0 bridgehead atoms. The molecule has 0 saturated heterocycles. The molecule has 2 aromatic rings. The van der Waals surface area contributed by atoms with E-state index in [1.54, 1.807) is 6.07 Å². The Kier molecular flexibility index (Phi) is 3.48. The molecule has 84 valence electrons. The number of benzene rings is 1. The van der Waals surface area contributed by atoms with Crippen LogP contribution in [0, 0.1) is 5.82 Å². The van der Waals surface area contributed by atoms with E-state index >= 15 is 0 Å². The Morgan fingerprint density at radius 1 is 1.50 bits per heavy atom. The van der Waals surface area contributed by atoms with E-state index in [0.717, 1.165) is 4.88 Å². The second-order valence-electron chi connectivity index (χ2n) is 3.20. The zero-order valence-corrected chi connectivity index (χ0v) is 10.1. The molecule has 0 fully saturated rings. The molecule has 0 radical (unpaired) electrons. The van der Waals surface area contributed by atoms with E-state index in [9.17, 15) is 4.39 Å². The predicted octanol–water partition coefficient (Wildman–Crippen LogP) is 2.72. The zero-order chi connectivity index (χ0) is 11.5. The van der Waals surface area contributed by atoms with Crippen LogP contribution in [-0.2, 0) is 6.54 Å². The Bertz CT molecular complexity index is 501. The molecule has 3 nitrogen and oxygen atoms in total. The molecule has 0 aliphatic carbocycles. The van der Waals surface area contributed by atoms with Gasteiger partial charge in [-0.25, -0.2) is 4.39 Å². The Morgan fingerprint density at radius 3 is 3.00 bits per heavy atom.